The molecule has 1 aliphatic heterocycles. The third-order valence-electron chi connectivity index (χ3n) is 5.14. The molecule has 3 aromatic rings. The number of ether oxygens (including phenoxy) is 2. The predicted molar refractivity (Wildman–Crippen MR) is 117 cm³/mol. The van der Waals surface area contributed by atoms with Crippen LogP contribution in [0.15, 0.2) is 48.5 Å². The number of carbonyl (C=O) groups is 2. The Morgan fingerprint density at radius 3 is 2.83 bits per heavy atom. The molecule has 2 amide bonds. The molecule has 8 heteroatoms. The van der Waals surface area contributed by atoms with Crippen molar-refractivity contribution < 1.29 is 19.1 Å². The van der Waals surface area contributed by atoms with Crippen molar-refractivity contribution in [3.63, 3.8) is 0 Å². The monoisotopic (exact) mass is 425 g/mol. The van der Waals surface area contributed by atoms with Crippen molar-refractivity contribution in [3.8, 4) is 5.75 Å². The molecule has 1 fully saturated rings. The average Bonchev–Trinajstić information content (AvgIpc) is 3.37. The second-order valence-electron chi connectivity index (χ2n) is 7.05. The molecular formula is C22H23N3O4S. The number of hydrogen-bond donors (Lipinski definition) is 0. The third kappa shape index (κ3) is 4.01. The van der Waals surface area contributed by atoms with Crippen LogP contribution in [0, 0.1) is 5.92 Å². The zero-order valence-electron chi connectivity index (χ0n) is 16.9. The first-order valence-electron chi connectivity index (χ1n) is 9.71. The lowest BCUT2D eigenvalue weighted by atomic mass is 10.1. The van der Waals surface area contributed by atoms with E-state index in [0.29, 0.717) is 30.6 Å². The maximum Gasteiger partial charge on any atom is 0.234 e. The topological polar surface area (TPSA) is 72.0 Å². The summed E-state index contributed by atoms with van der Waals surface area (Å²) in [7, 11) is 3.19. The number of carbonyl (C=O) groups excluding carboxylic acids is 2. The molecule has 0 saturated carbocycles. The Morgan fingerprint density at radius 2 is 2.07 bits per heavy atom. The van der Waals surface area contributed by atoms with Gasteiger partial charge in [0.1, 0.15) is 5.75 Å². The number of nitrogens with zero attached hydrogens (tertiary/aromatic N) is 3. The number of hydrogen-bond acceptors (Lipinski definition) is 6. The van der Waals surface area contributed by atoms with E-state index in [1.165, 1.54) is 11.3 Å². The van der Waals surface area contributed by atoms with Crippen LogP contribution in [0.5, 0.6) is 5.75 Å². The van der Waals surface area contributed by atoms with Crippen LogP contribution in [0.2, 0.25) is 0 Å². The molecule has 0 bridgehead atoms. The minimum atomic E-state index is -0.437. The van der Waals surface area contributed by atoms with Crippen LogP contribution < -0.4 is 14.5 Å². The van der Waals surface area contributed by atoms with Gasteiger partial charge in [0, 0.05) is 31.8 Å². The highest BCUT2D eigenvalue weighted by atomic mass is 32.1. The number of aromatic nitrogens is 1. The minimum Gasteiger partial charge on any atom is -0.497 e. The lowest BCUT2D eigenvalue weighted by Gasteiger charge is -2.23. The van der Waals surface area contributed by atoms with E-state index in [0.717, 1.165) is 15.9 Å². The number of methoxy groups -OCH3 is 2. The molecule has 7 nitrogen and oxygen atoms in total. The van der Waals surface area contributed by atoms with Gasteiger partial charge in [0.2, 0.25) is 11.8 Å². The highest BCUT2D eigenvalue weighted by Crippen LogP contribution is 2.33. The van der Waals surface area contributed by atoms with Crippen LogP contribution in [0.3, 0.4) is 0 Å². The van der Waals surface area contributed by atoms with Gasteiger partial charge in [-0.3, -0.25) is 14.5 Å². The summed E-state index contributed by atoms with van der Waals surface area (Å²) < 4.78 is 11.5. The number of thiazole rings is 1. The third-order valence-corrected chi connectivity index (χ3v) is 6.20. The lowest BCUT2D eigenvalue weighted by Crippen LogP contribution is -2.39. The molecule has 2 aromatic carbocycles. The van der Waals surface area contributed by atoms with E-state index in [2.05, 4.69) is 4.98 Å². The molecule has 0 aliphatic carbocycles. The van der Waals surface area contributed by atoms with E-state index in [4.69, 9.17) is 9.47 Å². The average molecular weight is 426 g/mol. The summed E-state index contributed by atoms with van der Waals surface area (Å²) in [5.41, 5.74) is 1.59. The molecular weight excluding hydrogens is 402 g/mol. The molecule has 4 rings (SSSR count). The zero-order valence-corrected chi connectivity index (χ0v) is 17.7. The van der Waals surface area contributed by atoms with Crippen molar-refractivity contribution >= 4 is 44.2 Å². The van der Waals surface area contributed by atoms with E-state index in [1.807, 2.05) is 42.5 Å². The van der Waals surface area contributed by atoms with Crippen molar-refractivity contribution in [2.24, 2.45) is 5.92 Å². The Bertz CT molecular complexity index is 1030. The van der Waals surface area contributed by atoms with Gasteiger partial charge in [0.25, 0.3) is 0 Å². The van der Waals surface area contributed by atoms with E-state index in [-0.39, 0.29) is 18.2 Å². The minimum absolute atomic E-state index is 0.0717. The molecule has 0 N–H and O–H groups in total. The number of anilines is 2. The number of rotatable bonds is 7. The Kier molecular flexibility index (Phi) is 5.96. The second kappa shape index (κ2) is 8.81. The van der Waals surface area contributed by atoms with Gasteiger partial charge in [-0.2, -0.15) is 0 Å². The van der Waals surface area contributed by atoms with Crippen molar-refractivity contribution in [1.29, 1.82) is 0 Å². The standard InChI is InChI=1S/C22H23N3O4S/c1-28-11-10-24(22-23-18-8-3-4-9-19(18)30-22)21(27)15-12-20(26)25(14-15)16-6-5-7-17(13-16)29-2/h3-9,13,15H,10-12,14H2,1-2H3. The van der Waals surface area contributed by atoms with Crippen LogP contribution in [0.25, 0.3) is 10.2 Å². The van der Waals surface area contributed by atoms with Crippen LogP contribution in [-0.2, 0) is 14.3 Å². The van der Waals surface area contributed by atoms with Gasteiger partial charge in [-0.25, -0.2) is 4.98 Å². The Morgan fingerprint density at radius 1 is 1.23 bits per heavy atom. The zero-order chi connectivity index (χ0) is 21.1. The van der Waals surface area contributed by atoms with Crippen molar-refractivity contribution in [2.45, 2.75) is 6.42 Å². The summed E-state index contributed by atoms with van der Waals surface area (Å²) in [5.74, 6) is 0.0567. The number of amides is 2. The van der Waals surface area contributed by atoms with Crippen LogP contribution in [0.1, 0.15) is 6.42 Å². The van der Waals surface area contributed by atoms with Crippen LogP contribution in [-0.4, -0.2) is 50.7 Å². The van der Waals surface area contributed by atoms with E-state index >= 15 is 0 Å². The summed E-state index contributed by atoms with van der Waals surface area (Å²) in [6.07, 6.45) is 0.171. The predicted octanol–water partition coefficient (Wildman–Crippen LogP) is 3.34. The Balaban J connectivity index is 1.57. The molecule has 1 aromatic heterocycles. The van der Waals surface area contributed by atoms with Gasteiger partial charge in [0.15, 0.2) is 5.13 Å². The molecule has 1 saturated heterocycles. The first kappa shape index (κ1) is 20.3. The Labute approximate surface area is 178 Å². The molecule has 156 valence electrons. The maximum absolute atomic E-state index is 13.4. The first-order valence-corrected chi connectivity index (χ1v) is 10.5. The summed E-state index contributed by atoms with van der Waals surface area (Å²) in [6, 6.07) is 15.1. The molecule has 0 radical (unpaired) electrons. The molecule has 2 heterocycles. The van der Waals surface area contributed by atoms with E-state index < -0.39 is 5.92 Å². The van der Waals surface area contributed by atoms with Crippen molar-refractivity contribution in [2.75, 3.05) is 43.7 Å². The van der Waals surface area contributed by atoms with Gasteiger partial charge in [-0.05, 0) is 24.3 Å². The quantitative estimate of drug-likeness (QED) is 0.581. The smallest absolute Gasteiger partial charge is 0.234 e. The SMILES string of the molecule is COCCN(C(=O)C1CC(=O)N(c2cccc(OC)c2)C1)c1nc2ccccc2s1. The summed E-state index contributed by atoms with van der Waals surface area (Å²) in [6.45, 7) is 1.11. The van der Waals surface area contributed by atoms with Gasteiger partial charge in [-0.15, -0.1) is 0 Å². The van der Waals surface area contributed by atoms with Gasteiger partial charge >= 0.3 is 0 Å². The second-order valence-corrected chi connectivity index (χ2v) is 8.06. The fourth-order valence-corrected chi connectivity index (χ4v) is 4.58. The number of para-hydroxylation sites is 1. The first-order chi connectivity index (χ1) is 14.6. The van der Waals surface area contributed by atoms with Gasteiger partial charge in [0.05, 0.1) is 36.4 Å². The summed E-state index contributed by atoms with van der Waals surface area (Å²) in [4.78, 5) is 34.0. The highest BCUT2D eigenvalue weighted by Gasteiger charge is 2.38. The van der Waals surface area contributed by atoms with E-state index in [1.54, 1.807) is 30.1 Å². The number of fused-ring (bicyclic) bond motifs is 1. The van der Waals surface area contributed by atoms with Crippen LogP contribution >= 0.6 is 11.3 Å². The van der Waals surface area contributed by atoms with Crippen LogP contribution in [0.4, 0.5) is 10.8 Å². The van der Waals surface area contributed by atoms with Crippen molar-refractivity contribution in [3.05, 3.63) is 48.5 Å². The summed E-state index contributed by atoms with van der Waals surface area (Å²) in [5, 5.41) is 0.630. The Hall–Kier alpha value is -2.97. The molecule has 0 spiro atoms. The molecule has 1 unspecified atom stereocenters. The molecule has 30 heavy (non-hydrogen) atoms. The van der Waals surface area contributed by atoms with E-state index in [9.17, 15) is 9.59 Å². The molecule has 1 aliphatic rings. The lowest BCUT2D eigenvalue weighted by molar-refractivity contribution is -0.124. The molecule has 1 atom stereocenters. The van der Waals surface area contributed by atoms with Gasteiger partial charge in [-0.1, -0.05) is 29.5 Å². The summed E-state index contributed by atoms with van der Waals surface area (Å²) >= 11 is 1.47. The maximum atomic E-state index is 13.4. The normalized spacial score (nSPS) is 16.3. The van der Waals surface area contributed by atoms with Crippen molar-refractivity contribution in [1.82, 2.24) is 4.98 Å². The van der Waals surface area contributed by atoms with Gasteiger partial charge < -0.3 is 14.4 Å². The fourth-order valence-electron chi connectivity index (χ4n) is 3.58. The highest BCUT2D eigenvalue weighted by molar-refractivity contribution is 7.22. The number of benzene rings is 2. The fraction of sp³-hybridized carbons (Fsp3) is 0.318. The largest absolute Gasteiger partial charge is 0.497 e.